The number of methoxy groups -OCH3 is 1. The molecule has 1 saturated heterocycles. The van der Waals surface area contributed by atoms with E-state index in [1.807, 2.05) is 13.8 Å². The Bertz CT molecular complexity index is 632. The lowest BCUT2D eigenvalue weighted by molar-refractivity contribution is -0.141. The number of carboxylic acids is 1. The van der Waals surface area contributed by atoms with E-state index in [0.717, 1.165) is 12.8 Å². The van der Waals surface area contributed by atoms with Crippen molar-refractivity contribution in [1.82, 2.24) is 4.90 Å². The van der Waals surface area contributed by atoms with E-state index < -0.39 is 12.0 Å². The van der Waals surface area contributed by atoms with E-state index >= 15 is 0 Å². The van der Waals surface area contributed by atoms with Crippen molar-refractivity contribution in [2.75, 3.05) is 26.9 Å². The summed E-state index contributed by atoms with van der Waals surface area (Å²) in [6, 6.07) is 4.09. The fourth-order valence-electron chi connectivity index (χ4n) is 2.89. The van der Waals surface area contributed by atoms with Crippen LogP contribution in [0.5, 0.6) is 11.5 Å². The first-order valence-electron chi connectivity index (χ1n) is 8.98. The molecule has 1 aromatic rings. The molecule has 1 heterocycles. The molecule has 2 rings (SSSR count). The van der Waals surface area contributed by atoms with Crippen molar-refractivity contribution >= 4 is 11.9 Å². The number of hydrogen-bond acceptors (Lipinski definition) is 5. The van der Waals surface area contributed by atoms with Crippen LogP contribution in [-0.4, -0.2) is 60.9 Å². The monoisotopic (exact) mass is 365 g/mol. The fourth-order valence-corrected chi connectivity index (χ4v) is 2.89. The Morgan fingerprint density at radius 2 is 1.81 bits per heavy atom. The Morgan fingerprint density at radius 1 is 1.15 bits per heavy atom. The molecule has 26 heavy (non-hydrogen) atoms. The Balaban J connectivity index is 2.25. The predicted octanol–water partition coefficient (Wildman–Crippen LogP) is 2.58. The molecular weight excluding hydrogens is 338 g/mol. The summed E-state index contributed by atoms with van der Waals surface area (Å²) in [7, 11) is 1.52. The summed E-state index contributed by atoms with van der Waals surface area (Å²) in [4.78, 5) is 25.7. The zero-order valence-electron chi connectivity index (χ0n) is 15.6. The average Bonchev–Trinajstić information content (AvgIpc) is 3.09. The highest BCUT2D eigenvalue weighted by Crippen LogP contribution is 2.31. The number of aliphatic carboxylic acids is 1. The lowest BCUT2D eigenvalue weighted by atomic mass is 10.1. The minimum atomic E-state index is -1.02. The number of amides is 1. The van der Waals surface area contributed by atoms with Crippen LogP contribution in [0, 0.1) is 0 Å². The normalized spacial score (nSPS) is 19.4. The average molecular weight is 365 g/mol. The van der Waals surface area contributed by atoms with Crippen molar-refractivity contribution in [3.05, 3.63) is 23.8 Å². The molecule has 0 aliphatic carbocycles. The number of carboxylic acid groups (broad SMARTS) is 1. The second-order valence-electron chi connectivity index (χ2n) is 6.26. The van der Waals surface area contributed by atoms with Crippen LogP contribution in [0.3, 0.4) is 0 Å². The number of ether oxygens (including phenoxy) is 3. The summed E-state index contributed by atoms with van der Waals surface area (Å²) >= 11 is 0. The Hall–Kier alpha value is -2.28. The van der Waals surface area contributed by atoms with Gasteiger partial charge in [0.15, 0.2) is 11.5 Å². The third-order valence-electron chi connectivity index (χ3n) is 4.26. The first-order chi connectivity index (χ1) is 12.5. The van der Waals surface area contributed by atoms with Gasteiger partial charge < -0.3 is 24.2 Å². The van der Waals surface area contributed by atoms with E-state index in [1.54, 1.807) is 18.2 Å². The molecule has 1 N–H and O–H groups in total. The van der Waals surface area contributed by atoms with Gasteiger partial charge in [-0.05, 0) is 31.0 Å². The summed E-state index contributed by atoms with van der Waals surface area (Å²) in [5, 5.41) is 9.41. The van der Waals surface area contributed by atoms with Crippen LogP contribution < -0.4 is 9.47 Å². The maximum absolute atomic E-state index is 12.9. The van der Waals surface area contributed by atoms with Crippen LogP contribution in [0.4, 0.5) is 0 Å². The maximum atomic E-state index is 12.9. The Labute approximate surface area is 153 Å². The second kappa shape index (κ2) is 9.43. The van der Waals surface area contributed by atoms with Gasteiger partial charge in [-0.2, -0.15) is 0 Å². The molecule has 0 radical (unpaired) electrons. The summed E-state index contributed by atoms with van der Waals surface area (Å²) in [6.07, 6.45) is 1.70. The molecule has 7 nitrogen and oxygen atoms in total. The number of rotatable bonds is 9. The smallest absolute Gasteiger partial charge is 0.326 e. The third kappa shape index (κ3) is 4.66. The molecule has 1 amide bonds. The standard InChI is InChI=1S/C19H27NO6/c1-4-8-25-16-7-6-13(10-17(16)26-9-5-2)18(21)20-12-14(24-3)11-15(20)19(22)23/h6-7,10,14-15H,4-5,8-9,11-12H2,1-3H3,(H,22,23). The molecule has 144 valence electrons. The molecule has 0 aromatic heterocycles. The van der Waals surface area contributed by atoms with Crippen molar-refractivity contribution in [2.45, 2.75) is 45.3 Å². The van der Waals surface area contributed by atoms with E-state index in [1.165, 1.54) is 12.0 Å². The van der Waals surface area contributed by atoms with Gasteiger partial charge in [0.25, 0.3) is 5.91 Å². The number of likely N-dealkylation sites (tertiary alicyclic amines) is 1. The van der Waals surface area contributed by atoms with Gasteiger partial charge in [0.2, 0.25) is 0 Å². The van der Waals surface area contributed by atoms with Gasteiger partial charge in [0.1, 0.15) is 6.04 Å². The summed E-state index contributed by atoms with van der Waals surface area (Å²) in [6.45, 7) is 5.32. The van der Waals surface area contributed by atoms with Gasteiger partial charge in [0.05, 0.1) is 19.3 Å². The molecule has 2 atom stereocenters. The van der Waals surface area contributed by atoms with E-state index in [0.29, 0.717) is 30.3 Å². The number of benzene rings is 1. The summed E-state index contributed by atoms with van der Waals surface area (Å²) < 4.78 is 16.6. The molecule has 1 aliphatic heterocycles. The maximum Gasteiger partial charge on any atom is 0.326 e. The molecule has 0 saturated carbocycles. The molecule has 0 bridgehead atoms. The highest BCUT2D eigenvalue weighted by atomic mass is 16.5. The van der Waals surface area contributed by atoms with Gasteiger partial charge in [-0.3, -0.25) is 4.79 Å². The van der Waals surface area contributed by atoms with Gasteiger partial charge in [0, 0.05) is 25.6 Å². The SMILES string of the molecule is CCCOc1ccc(C(=O)N2CC(OC)CC2C(=O)O)cc1OCCC. The molecular formula is C19H27NO6. The first kappa shape index (κ1) is 20.0. The van der Waals surface area contributed by atoms with Crippen molar-refractivity contribution in [1.29, 1.82) is 0 Å². The molecule has 7 heteroatoms. The molecule has 2 unspecified atom stereocenters. The van der Waals surface area contributed by atoms with Crippen molar-refractivity contribution in [2.24, 2.45) is 0 Å². The minimum Gasteiger partial charge on any atom is -0.490 e. The molecule has 1 aromatic carbocycles. The van der Waals surface area contributed by atoms with E-state index in [-0.39, 0.29) is 25.0 Å². The zero-order chi connectivity index (χ0) is 19.1. The van der Waals surface area contributed by atoms with Crippen LogP contribution >= 0.6 is 0 Å². The lowest BCUT2D eigenvalue weighted by Crippen LogP contribution is -2.40. The highest BCUT2D eigenvalue weighted by molar-refractivity contribution is 5.97. The van der Waals surface area contributed by atoms with Gasteiger partial charge in [-0.1, -0.05) is 13.8 Å². The number of carbonyl (C=O) groups excluding carboxylic acids is 1. The highest BCUT2D eigenvalue weighted by Gasteiger charge is 2.40. The quantitative estimate of drug-likeness (QED) is 0.724. The van der Waals surface area contributed by atoms with E-state index in [2.05, 4.69) is 0 Å². The second-order valence-corrected chi connectivity index (χ2v) is 6.26. The fraction of sp³-hybridized carbons (Fsp3) is 0.579. The first-order valence-corrected chi connectivity index (χ1v) is 8.98. The van der Waals surface area contributed by atoms with Crippen LogP contribution in [0.25, 0.3) is 0 Å². The Morgan fingerprint density at radius 3 is 2.38 bits per heavy atom. The van der Waals surface area contributed by atoms with Crippen LogP contribution in [0.2, 0.25) is 0 Å². The van der Waals surface area contributed by atoms with Crippen LogP contribution in [0.15, 0.2) is 18.2 Å². The van der Waals surface area contributed by atoms with Crippen molar-refractivity contribution in [3.63, 3.8) is 0 Å². The summed E-state index contributed by atoms with van der Waals surface area (Å²) in [5.41, 5.74) is 0.378. The lowest BCUT2D eigenvalue weighted by Gasteiger charge is -2.22. The topological polar surface area (TPSA) is 85.3 Å². The molecule has 0 spiro atoms. The van der Waals surface area contributed by atoms with Gasteiger partial charge in [-0.25, -0.2) is 4.79 Å². The largest absolute Gasteiger partial charge is 0.490 e. The number of nitrogens with zero attached hydrogens (tertiary/aromatic N) is 1. The minimum absolute atomic E-state index is 0.255. The molecule has 1 fully saturated rings. The van der Waals surface area contributed by atoms with Crippen LogP contribution in [-0.2, 0) is 9.53 Å². The van der Waals surface area contributed by atoms with Gasteiger partial charge >= 0.3 is 5.97 Å². The van der Waals surface area contributed by atoms with Gasteiger partial charge in [-0.15, -0.1) is 0 Å². The van der Waals surface area contributed by atoms with E-state index in [9.17, 15) is 14.7 Å². The third-order valence-corrected chi connectivity index (χ3v) is 4.26. The zero-order valence-corrected chi connectivity index (χ0v) is 15.6. The number of hydrogen-bond donors (Lipinski definition) is 1. The van der Waals surface area contributed by atoms with Crippen LogP contribution in [0.1, 0.15) is 43.5 Å². The Kier molecular flexibility index (Phi) is 7.26. The predicted molar refractivity (Wildman–Crippen MR) is 95.9 cm³/mol. The van der Waals surface area contributed by atoms with Crippen molar-refractivity contribution < 1.29 is 28.9 Å². The molecule has 1 aliphatic rings. The number of carbonyl (C=O) groups is 2. The summed E-state index contributed by atoms with van der Waals surface area (Å²) in [5.74, 6) is -0.285. The van der Waals surface area contributed by atoms with Crippen molar-refractivity contribution in [3.8, 4) is 11.5 Å². The van der Waals surface area contributed by atoms with E-state index in [4.69, 9.17) is 14.2 Å².